The van der Waals surface area contributed by atoms with E-state index in [-0.39, 0.29) is 45.8 Å². The molecule has 0 spiro atoms. The molecular formula is C50H80O12S. The summed E-state index contributed by atoms with van der Waals surface area (Å²) in [6.45, 7) is 21.3. The lowest BCUT2D eigenvalue weighted by Gasteiger charge is -2.61. The molecule has 358 valence electrons. The summed E-state index contributed by atoms with van der Waals surface area (Å²) < 4.78 is 51.3. The van der Waals surface area contributed by atoms with Crippen LogP contribution in [0.2, 0.25) is 0 Å². The minimum Gasteiger partial charge on any atom is -0.459 e. The summed E-state index contributed by atoms with van der Waals surface area (Å²) in [5.74, 6) is 2.54. The third-order valence-corrected chi connectivity index (χ3v) is 20.0. The fourth-order valence-electron chi connectivity index (χ4n) is 13.9. The van der Waals surface area contributed by atoms with E-state index >= 15 is 0 Å². The van der Waals surface area contributed by atoms with E-state index in [0.717, 1.165) is 56.3 Å². The van der Waals surface area contributed by atoms with E-state index in [1.165, 1.54) is 44.9 Å². The van der Waals surface area contributed by atoms with Crippen LogP contribution in [0.1, 0.15) is 185 Å². The predicted molar refractivity (Wildman–Crippen MR) is 236 cm³/mol. The molecule has 10 aliphatic carbocycles. The van der Waals surface area contributed by atoms with E-state index in [4.69, 9.17) is 23.1 Å². The van der Waals surface area contributed by atoms with Gasteiger partial charge in [0.25, 0.3) is 10.1 Å². The Morgan fingerprint density at radius 1 is 0.651 bits per heavy atom. The first kappa shape index (κ1) is 48.7. The first-order chi connectivity index (χ1) is 29.1. The van der Waals surface area contributed by atoms with Crippen molar-refractivity contribution in [2.45, 2.75) is 220 Å². The molecule has 11 aliphatic rings. The SMILES string of the molecule is CCC(C)(C)C(=O)OC(C)(C)C12CC3CC(CC(C3)C1)C2.CCC(C)(C)C(=O)OC12CC3CC(CC(O)(C3)C1)C2.CCC(C)(C)C(=O)OCC(=O)OC1C2CC3C1OS(=O)(=O)C3C2. The molecule has 0 amide bonds. The number of carbonyl (C=O) groups excluding carboxylic acids is 4. The van der Waals surface area contributed by atoms with Crippen LogP contribution >= 0.6 is 0 Å². The molecule has 7 atom stereocenters. The van der Waals surface area contributed by atoms with Gasteiger partial charge >= 0.3 is 23.9 Å². The number of esters is 4. The van der Waals surface area contributed by atoms with Crippen molar-refractivity contribution in [2.24, 2.45) is 63.1 Å². The van der Waals surface area contributed by atoms with Crippen molar-refractivity contribution in [1.82, 2.24) is 0 Å². The number of fused-ring (bicyclic) bond motifs is 1. The Labute approximate surface area is 377 Å². The van der Waals surface area contributed by atoms with Gasteiger partial charge in [-0.3, -0.25) is 18.6 Å². The third kappa shape index (κ3) is 9.51. The maximum atomic E-state index is 12.6. The van der Waals surface area contributed by atoms with E-state index in [1.807, 2.05) is 41.5 Å². The smallest absolute Gasteiger partial charge is 0.344 e. The number of carbonyl (C=O) groups is 4. The van der Waals surface area contributed by atoms with E-state index in [1.54, 1.807) is 13.8 Å². The molecule has 13 heteroatoms. The van der Waals surface area contributed by atoms with Gasteiger partial charge in [-0.1, -0.05) is 20.8 Å². The molecule has 11 fully saturated rings. The molecule has 0 aromatic rings. The highest BCUT2D eigenvalue weighted by Gasteiger charge is 2.66. The Morgan fingerprint density at radius 2 is 1.14 bits per heavy atom. The zero-order chi connectivity index (χ0) is 46.3. The average molecular weight is 905 g/mol. The van der Waals surface area contributed by atoms with Crippen LogP contribution in [0.4, 0.5) is 0 Å². The van der Waals surface area contributed by atoms with Gasteiger partial charge in [-0.2, -0.15) is 8.42 Å². The van der Waals surface area contributed by atoms with Crippen molar-refractivity contribution in [3.05, 3.63) is 0 Å². The van der Waals surface area contributed by atoms with Gasteiger partial charge in [-0.05, 0) is 188 Å². The van der Waals surface area contributed by atoms with Gasteiger partial charge in [-0.25, -0.2) is 4.79 Å². The zero-order valence-corrected chi connectivity index (χ0v) is 41.2. The molecule has 11 rings (SSSR count). The van der Waals surface area contributed by atoms with Gasteiger partial charge in [0.1, 0.15) is 23.4 Å². The molecule has 0 aromatic heterocycles. The molecule has 1 heterocycles. The number of aliphatic hydroxyl groups is 1. The van der Waals surface area contributed by atoms with Crippen LogP contribution in [0.25, 0.3) is 0 Å². The van der Waals surface area contributed by atoms with Crippen LogP contribution in [-0.4, -0.2) is 78.3 Å². The highest BCUT2D eigenvalue weighted by atomic mass is 32.2. The van der Waals surface area contributed by atoms with Crippen LogP contribution in [0.15, 0.2) is 0 Å². The summed E-state index contributed by atoms with van der Waals surface area (Å²) in [6, 6.07) is 0. The molecule has 10 bridgehead atoms. The maximum absolute atomic E-state index is 12.6. The number of hydrogen-bond acceptors (Lipinski definition) is 12. The van der Waals surface area contributed by atoms with Crippen LogP contribution in [-0.2, 0) is 52.4 Å². The Bertz CT molecular complexity index is 1830. The highest BCUT2D eigenvalue weighted by molar-refractivity contribution is 7.87. The second-order valence-corrected chi connectivity index (χ2v) is 26.4. The van der Waals surface area contributed by atoms with E-state index in [2.05, 4.69) is 20.8 Å². The lowest BCUT2D eigenvalue weighted by molar-refractivity contribution is -0.225. The van der Waals surface area contributed by atoms with Gasteiger partial charge in [0.15, 0.2) is 6.61 Å². The molecule has 10 saturated carbocycles. The van der Waals surface area contributed by atoms with Crippen molar-refractivity contribution in [2.75, 3.05) is 6.61 Å². The Balaban J connectivity index is 0.000000142. The second-order valence-electron chi connectivity index (χ2n) is 24.6. The van der Waals surface area contributed by atoms with Crippen molar-refractivity contribution >= 4 is 34.0 Å². The first-order valence-corrected chi connectivity index (χ1v) is 26.0. The first-order valence-electron chi connectivity index (χ1n) is 24.6. The normalized spacial score (nSPS) is 39.7. The Kier molecular flexibility index (Phi) is 13.0. The van der Waals surface area contributed by atoms with Gasteiger partial charge in [0.05, 0.1) is 27.1 Å². The standard InChI is InChI=1S/C19H32O2.C16H26O3.C15H22O7S/c1-6-17(2,3)16(20)21-18(4,5)19-10-13-7-14(11-19)9-15(8-13)12-19;1-4-14(2,3)13(17)19-16-8-11-5-12(9-16)7-15(18,6-11)10-16;1-4-15(2,3)14(17)20-7-11(16)21-12-8-5-9-10(6-8)23(18,19)22-13(9)12/h13-15H,6-12H2,1-5H3;11-12,18H,4-10H2,1-3H3;8-10,12-13H,4-7H2,1-3H3. The molecule has 0 aromatic carbocycles. The summed E-state index contributed by atoms with van der Waals surface area (Å²) >= 11 is 0. The topological polar surface area (TPSA) is 169 Å². The summed E-state index contributed by atoms with van der Waals surface area (Å²) in [7, 11) is -3.53. The molecule has 0 radical (unpaired) electrons. The molecule has 63 heavy (non-hydrogen) atoms. The van der Waals surface area contributed by atoms with Crippen molar-refractivity contribution in [3.8, 4) is 0 Å². The lowest BCUT2D eigenvalue weighted by atomic mass is 9.46. The zero-order valence-electron chi connectivity index (χ0n) is 40.3. The van der Waals surface area contributed by atoms with E-state index in [9.17, 15) is 32.7 Å². The van der Waals surface area contributed by atoms with Gasteiger partial charge in [0.2, 0.25) is 0 Å². The third-order valence-electron chi connectivity index (χ3n) is 18.3. The minimum atomic E-state index is -3.53. The molecular weight excluding hydrogens is 825 g/mol. The van der Waals surface area contributed by atoms with Crippen molar-refractivity contribution < 1.29 is 55.8 Å². The van der Waals surface area contributed by atoms with Crippen molar-refractivity contribution in [1.29, 1.82) is 0 Å². The predicted octanol–water partition coefficient (Wildman–Crippen LogP) is 9.02. The Morgan fingerprint density at radius 3 is 1.65 bits per heavy atom. The number of ether oxygens (including phenoxy) is 4. The van der Waals surface area contributed by atoms with Crippen LogP contribution in [0.3, 0.4) is 0 Å². The quantitative estimate of drug-likeness (QED) is 0.112. The summed E-state index contributed by atoms with van der Waals surface area (Å²) in [4.78, 5) is 48.7. The van der Waals surface area contributed by atoms with Gasteiger partial charge in [-0.15, -0.1) is 0 Å². The molecule has 1 aliphatic heterocycles. The minimum absolute atomic E-state index is 0.00857. The van der Waals surface area contributed by atoms with E-state index in [0.29, 0.717) is 37.5 Å². The highest BCUT2D eigenvalue weighted by Crippen LogP contribution is 2.65. The molecule has 7 unspecified atom stereocenters. The fraction of sp³-hybridized carbons (Fsp3) is 0.920. The van der Waals surface area contributed by atoms with Crippen LogP contribution < -0.4 is 0 Å². The van der Waals surface area contributed by atoms with Crippen LogP contribution in [0, 0.1) is 63.1 Å². The Hall–Kier alpha value is -2.25. The van der Waals surface area contributed by atoms with Gasteiger partial charge in [0, 0.05) is 23.7 Å². The second kappa shape index (κ2) is 16.8. The number of rotatable bonds is 12. The van der Waals surface area contributed by atoms with Crippen molar-refractivity contribution in [3.63, 3.8) is 0 Å². The maximum Gasteiger partial charge on any atom is 0.344 e. The largest absolute Gasteiger partial charge is 0.459 e. The molecule has 1 saturated heterocycles. The monoisotopic (exact) mass is 905 g/mol. The van der Waals surface area contributed by atoms with E-state index < -0.39 is 62.6 Å². The fourth-order valence-corrected chi connectivity index (χ4v) is 15.8. The van der Waals surface area contributed by atoms with Gasteiger partial charge < -0.3 is 24.1 Å². The lowest BCUT2D eigenvalue weighted by Crippen LogP contribution is -2.61. The molecule has 12 nitrogen and oxygen atoms in total. The molecule has 1 N–H and O–H groups in total. The summed E-state index contributed by atoms with van der Waals surface area (Å²) in [6.07, 6.45) is 16.1. The number of hydrogen-bond donors (Lipinski definition) is 1. The van der Waals surface area contributed by atoms with Crippen LogP contribution in [0.5, 0.6) is 0 Å². The summed E-state index contributed by atoms with van der Waals surface area (Å²) in [5.41, 5.74) is -2.40. The summed E-state index contributed by atoms with van der Waals surface area (Å²) in [5, 5.41) is 10.2. The average Bonchev–Trinajstić information content (AvgIpc) is 3.80.